The maximum Gasteiger partial charge on any atom is 0.282 e. The van der Waals surface area contributed by atoms with Crippen LogP contribution in [0.5, 0.6) is 5.75 Å². The second-order valence-corrected chi connectivity index (χ2v) is 10.3. The van der Waals surface area contributed by atoms with Crippen molar-refractivity contribution in [3.63, 3.8) is 0 Å². The second-order valence-electron chi connectivity index (χ2n) is 8.15. The highest BCUT2D eigenvalue weighted by Crippen LogP contribution is 2.35. The first-order valence-corrected chi connectivity index (χ1v) is 13.2. The molecule has 4 aromatic carbocycles. The number of ether oxygens (including phenoxy) is 1. The molecule has 0 saturated carbocycles. The number of halogens is 3. The van der Waals surface area contributed by atoms with Gasteiger partial charge in [0.1, 0.15) is 12.4 Å². The molecule has 1 heterocycles. The van der Waals surface area contributed by atoms with E-state index >= 15 is 0 Å². The molecule has 0 amide bonds. The number of hydrogen-bond donors (Lipinski definition) is 0. The third-order valence-corrected chi connectivity index (χ3v) is 7.15. The fraction of sp³-hybridized carbons (Fsp3) is 0.107. The zero-order chi connectivity index (χ0) is 25.2. The highest BCUT2D eigenvalue weighted by Gasteiger charge is 2.12. The van der Waals surface area contributed by atoms with Crippen molar-refractivity contribution in [3.8, 4) is 5.75 Å². The molecule has 0 aliphatic rings. The van der Waals surface area contributed by atoms with Crippen molar-refractivity contribution < 1.29 is 4.74 Å². The van der Waals surface area contributed by atoms with E-state index in [1.807, 2.05) is 49.4 Å². The summed E-state index contributed by atoms with van der Waals surface area (Å²) in [6.07, 6.45) is 2.15. The Labute approximate surface area is 229 Å². The summed E-state index contributed by atoms with van der Waals surface area (Å²) in [6, 6.07) is 23.4. The molecule has 1 aromatic heterocycles. The van der Waals surface area contributed by atoms with E-state index in [4.69, 9.17) is 16.3 Å². The lowest BCUT2D eigenvalue weighted by atomic mass is 10.1. The van der Waals surface area contributed by atoms with Crippen LogP contribution in [0.25, 0.3) is 21.7 Å². The number of aromatic nitrogens is 2. The summed E-state index contributed by atoms with van der Waals surface area (Å²) in [6.45, 7) is 2.31. The van der Waals surface area contributed by atoms with E-state index in [2.05, 4.69) is 60.1 Å². The predicted octanol–water partition coefficient (Wildman–Crippen LogP) is 7.75. The van der Waals surface area contributed by atoms with Gasteiger partial charge in [-0.2, -0.15) is 9.78 Å². The predicted molar refractivity (Wildman–Crippen MR) is 154 cm³/mol. The van der Waals surface area contributed by atoms with Crippen LogP contribution in [-0.4, -0.2) is 15.9 Å². The van der Waals surface area contributed by atoms with Gasteiger partial charge in [0.2, 0.25) is 0 Å². The molecule has 0 saturated heterocycles. The Kier molecular flexibility index (Phi) is 7.23. The monoisotopic (exact) mass is 623 g/mol. The molecule has 0 spiro atoms. The van der Waals surface area contributed by atoms with Crippen LogP contribution in [0, 0.1) is 0 Å². The molecule has 0 unspecified atom stereocenters. The van der Waals surface area contributed by atoms with Crippen molar-refractivity contribution in [1.82, 2.24) is 9.66 Å². The summed E-state index contributed by atoms with van der Waals surface area (Å²) in [5, 5.41) is 7.68. The van der Waals surface area contributed by atoms with Crippen molar-refractivity contribution in [1.29, 1.82) is 0 Å². The molecule has 5 rings (SSSR count). The lowest BCUT2D eigenvalue weighted by Crippen LogP contribution is -2.22. The van der Waals surface area contributed by atoms with Gasteiger partial charge in [-0.05, 0) is 68.2 Å². The molecule has 0 aliphatic heterocycles. The minimum atomic E-state index is -0.227. The van der Waals surface area contributed by atoms with Crippen molar-refractivity contribution in [2.24, 2.45) is 5.10 Å². The van der Waals surface area contributed by atoms with E-state index in [9.17, 15) is 4.79 Å². The first-order chi connectivity index (χ1) is 17.4. The van der Waals surface area contributed by atoms with Gasteiger partial charge in [0.15, 0.2) is 5.75 Å². The van der Waals surface area contributed by atoms with Crippen LogP contribution in [0.3, 0.4) is 0 Å². The summed E-state index contributed by atoms with van der Waals surface area (Å²) in [7, 11) is 0. The third-order valence-electron chi connectivity index (χ3n) is 5.79. The number of benzene rings is 4. The second kappa shape index (κ2) is 10.5. The maximum atomic E-state index is 13.1. The topological polar surface area (TPSA) is 56.5 Å². The molecule has 0 atom stereocenters. The molecule has 5 aromatic rings. The van der Waals surface area contributed by atoms with Gasteiger partial charge in [0.25, 0.3) is 5.56 Å². The zero-order valence-corrected chi connectivity index (χ0v) is 23.1. The van der Waals surface area contributed by atoms with E-state index < -0.39 is 0 Å². The Morgan fingerprint density at radius 2 is 1.83 bits per heavy atom. The van der Waals surface area contributed by atoms with Crippen LogP contribution in [-0.2, 0) is 13.0 Å². The number of rotatable bonds is 6. The Hall–Kier alpha value is -3.00. The van der Waals surface area contributed by atoms with Crippen molar-refractivity contribution in [2.75, 3.05) is 0 Å². The molecule has 0 radical (unpaired) electrons. The molecule has 0 bridgehead atoms. The molecular formula is C28H20Br2ClN3O2. The molecule has 0 N–H and O–H groups in total. The van der Waals surface area contributed by atoms with Gasteiger partial charge in [0, 0.05) is 10.9 Å². The SMILES string of the molecule is CCc1nc2ccc(Br)cc2c(=O)n1N=Cc1cc(Cl)c(OCc2cccc3ccccc23)c(Br)c1. The first-order valence-electron chi connectivity index (χ1n) is 11.3. The summed E-state index contributed by atoms with van der Waals surface area (Å²) in [5.41, 5.74) is 2.20. The van der Waals surface area contributed by atoms with Gasteiger partial charge >= 0.3 is 0 Å². The van der Waals surface area contributed by atoms with E-state index in [0.29, 0.717) is 50.6 Å². The van der Waals surface area contributed by atoms with Gasteiger partial charge < -0.3 is 4.74 Å². The zero-order valence-electron chi connectivity index (χ0n) is 19.2. The smallest absolute Gasteiger partial charge is 0.282 e. The highest BCUT2D eigenvalue weighted by molar-refractivity contribution is 9.10. The standard InChI is InChI=1S/C28H20Br2ClN3O2/c1-2-26-33-25-11-10-20(29)14-22(25)28(35)34(26)32-15-17-12-23(30)27(24(31)13-17)36-16-19-8-5-7-18-6-3-4-9-21(18)19/h3-15H,2,16H2,1H3. The fourth-order valence-corrected chi connectivity index (χ4v) is 5.38. The minimum absolute atomic E-state index is 0.227. The lowest BCUT2D eigenvalue weighted by molar-refractivity contribution is 0.306. The van der Waals surface area contributed by atoms with Crippen LogP contribution in [0.4, 0.5) is 0 Å². The summed E-state index contributed by atoms with van der Waals surface area (Å²) < 4.78 is 8.94. The summed E-state index contributed by atoms with van der Waals surface area (Å²) in [5.74, 6) is 1.12. The van der Waals surface area contributed by atoms with Crippen LogP contribution in [0.15, 0.2) is 91.6 Å². The lowest BCUT2D eigenvalue weighted by Gasteiger charge is -2.13. The quantitative estimate of drug-likeness (QED) is 0.181. The molecule has 0 aliphatic carbocycles. The Balaban J connectivity index is 1.43. The minimum Gasteiger partial charge on any atom is -0.486 e. The van der Waals surface area contributed by atoms with Crippen molar-refractivity contribution in [3.05, 3.63) is 114 Å². The average Bonchev–Trinajstić information content (AvgIpc) is 2.88. The number of fused-ring (bicyclic) bond motifs is 2. The van der Waals surface area contributed by atoms with Gasteiger partial charge in [0.05, 0.1) is 26.6 Å². The van der Waals surface area contributed by atoms with Crippen LogP contribution >= 0.6 is 43.5 Å². The van der Waals surface area contributed by atoms with Crippen LogP contribution in [0.2, 0.25) is 5.02 Å². The van der Waals surface area contributed by atoms with Gasteiger partial charge in [-0.25, -0.2) is 4.98 Å². The largest absolute Gasteiger partial charge is 0.486 e. The Morgan fingerprint density at radius 3 is 2.64 bits per heavy atom. The first kappa shape index (κ1) is 24.7. The normalized spacial score (nSPS) is 11.6. The van der Waals surface area contributed by atoms with E-state index in [0.717, 1.165) is 20.8 Å². The molecule has 36 heavy (non-hydrogen) atoms. The van der Waals surface area contributed by atoms with Gasteiger partial charge in [-0.15, -0.1) is 0 Å². The number of hydrogen-bond acceptors (Lipinski definition) is 4. The van der Waals surface area contributed by atoms with Gasteiger partial charge in [-0.3, -0.25) is 4.79 Å². The maximum absolute atomic E-state index is 13.1. The molecule has 5 nitrogen and oxygen atoms in total. The van der Waals surface area contributed by atoms with Crippen molar-refractivity contribution >= 4 is 71.4 Å². The van der Waals surface area contributed by atoms with Crippen LogP contribution in [0.1, 0.15) is 23.9 Å². The third kappa shape index (κ3) is 4.96. The molecule has 180 valence electrons. The Bertz CT molecular complexity index is 1670. The molecule has 8 heteroatoms. The average molecular weight is 626 g/mol. The summed E-state index contributed by atoms with van der Waals surface area (Å²) >= 11 is 13.6. The summed E-state index contributed by atoms with van der Waals surface area (Å²) in [4.78, 5) is 17.7. The highest BCUT2D eigenvalue weighted by atomic mass is 79.9. The Morgan fingerprint density at radius 1 is 1.03 bits per heavy atom. The molecular weight excluding hydrogens is 606 g/mol. The van der Waals surface area contributed by atoms with E-state index in [-0.39, 0.29) is 5.56 Å². The van der Waals surface area contributed by atoms with Crippen LogP contribution < -0.4 is 10.3 Å². The number of aryl methyl sites for hydroxylation is 1. The molecule has 0 fully saturated rings. The van der Waals surface area contributed by atoms with E-state index in [1.54, 1.807) is 18.3 Å². The number of nitrogens with zero attached hydrogens (tertiary/aromatic N) is 3. The van der Waals surface area contributed by atoms with Gasteiger partial charge in [-0.1, -0.05) is 76.9 Å². The fourth-order valence-electron chi connectivity index (χ4n) is 4.03. The van der Waals surface area contributed by atoms with Crippen molar-refractivity contribution in [2.45, 2.75) is 20.0 Å². The van der Waals surface area contributed by atoms with E-state index in [1.165, 1.54) is 4.68 Å².